The fraction of sp³-hybridized carbons (Fsp3) is 0.211. The summed E-state index contributed by atoms with van der Waals surface area (Å²) in [6.45, 7) is 3.30. The molecule has 2 amide bonds. The lowest BCUT2D eigenvalue weighted by molar-refractivity contribution is -0.119. The van der Waals surface area contributed by atoms with Crippen LogP contribution >= 0.6 is 0 Å². The third-order valence-electron chi connectivity index (χ3n) is 4.49. The highest BCUT2D eigenvalue weighted by Crippen LogP contribution is 2.29. The predicted molar refractivity (Wildman–Crippen MR) is 104 cm³/mol. The lowest BCUT2D eigenvalue weighted by Crippen LogP contribution is -2.30. The Hall–Kier alpha value is -3.20. The van der Waals surface area contributed by atoms with E-state index in [2.05, 4.69) is 10.3 Å². The number of sulfonamides is 1. The number of hydrogen-bond acceptors (Lipinski definition) is 6. The van der Waals surface area contributed by atoms with Gasteiger partial charge in [-0.3, -0.25) is 9.59 Å². The van der Waals surface area contributed by atoms with Crippen molar-refractivity contribution in [1.82, 2.24) is 4.98 Å². The molecule has 1 atom stereocenters. The van der Waals surface area contributed by atoms with Gasteiger partial charge in [0.05, 0.1) is 23.0 Å². The summed E-state index contributed by atoms with van der Waals surface area (Å²) in [5.74, 6) is -1.17. The van der Waals surface area contributed by atoms with Gasteiger partial charge < -0.3 is 9.73 Å². The first kappa shape index (κ1) is 18.2. The molecule has 4 rings (SSSR count). The summed E-state index contributed by atoms with van der Waals surface area (Å²) in [5.41, 5.74) is 2.14. The summed E-state index contributed by atoms with van der Waals surface area (Å²) in [5, 5.41) is 2.76. The Morgan fingerprint density at radius 3 is 2.57 bits per heavy atom. The second-order valence-corrected chi connectivity index (χ2v) is 8.53. The van der Waals surface area contributed by atoms with Gasteiger partial charge in [-0.05, 0) is 36.4 Å². The van der Waals surface area contributed by atoms with Crippen molar-refractivity contribution in [2.75, 3.05) is 15.4 Å². The van der Waals surface area contributed by atoms with Gasteiger partial charge in [0, 0.05) is 12.5 Å². The highest BCUT2D eigenvalue weighted by atomic mass is 32.2. The van der Waals surface area contributed by atoms with Crippen molar-refractivity contribution >= 4 is 44.3 Å². The minimum absolute atomic E-state index is 0.214. The van der Waals surface area contributed by atoms with E-state index in [0.29, 0.717) is 28.2 Å². The normalized spacial score (nSPS) is 18.6. The monoisotopic (exact) mass is 399 g/mol. The number of anilines is 2. The molecule has 1 saturated heterocycles. The number of rotatable bonds is 3. The lowest BCUT2D eigenvalue weighted by atomic mass is 10.1. The van der Waals surface area contributed by atoms with Crippen LogP contribution in [0.5, 0.6) is 0 Å². The summed E-state index contributed by atoms with van der Waals surface area (Å²) < 4.78 is 30.7. The molecule has 1 aliphatic heterocycles. The molecule has 1 unspecified atom stereocenters. The zero-order chi connectivity index (χ0) is 20.1. The molecular weight excluding hydrogens is 382 g/mol. The molecule has 0 radical (unpaired) electrons. The number of para-hydroxylation sites is 1. The molecule has 0 saturated carbocycles. The quantitative estimate of drug-likeness (QED) is 0.725. The smallest absolute Gasteiger partial charge is 0.255 e. The van der Waals surface area contributed by atoms with Crippen LogP contribution < -0.4 is 9.62 Å². The van der Waals surface area contributed by atoms with E-state index < -0.39 is 27.8 Å². The standard InChI is InChI=1S/C19H17N3O5S/c1-11-10-28(25,26)22(19(11)24)14-8-6-13(7-9-14)18(23)21-16-5-3-4-15-17(16)27-12(2)20-15/h3-9,11H,10H2,1-2H3,(H,21,23). The number of fused-ring (bicyclic) bond motifs is 1. The number of nitrogens with zero attached hydrogens (tertiary/aromatic N) is 2. The maximum Gasteiger partial charge on any atom is 0.255 e. The van der Waals surface area contributed by atoms with E-state index in [1.54, 1.807) is 32.0 Å². The van der Waals surface area contributed by atoms with E-state index in [0.717, 1.165) is 4.31 Å². The topological polar surface area (TPSA) is 110 Å². The minimum Gasteiger partial charge on any atom is -0.439 e. The number of amides is 2. The van der Waals surface area contributed by atoms with Gasteiger partial charge in [0.2, 0.25) is 15.9 Å². The molecule has 1 aromatic heterocycles. The first-order valence-electron chi connectivity index (χ1n) is 8.61. The SMILES string of the molecule is Cc1nc2cccc(NC(=O)c3ccc(N4C(=O)C(C)CS4(=O)=O)cc3)c2o1. The molecule has 1 N–H and O–H groups in total. The van der Waals surface area contributed by atoms with Gasteiger partial charge in [-0.2, -0.15) is 0 Å². The summed E-state index contributed by atoms with van der Waals surface area (Å²) in [7, 11) is -3.68. The summed E-state index contributed by atoms with van der Waals surface area (Å²) in [6, 6.07) is 11.1. The fourth-order valence-corrected chi connectivity index (χ4v) is 5.01. The first-order chi connectivity index (χ1) is 13.3. The Balaban J connectivity index is 1.59. The molecule has 8 nitrogen and oxygen atoms in total. The second-order valence-electron chi connectivity index (χ2n) is 6.67. The molecule has 1 aliphatic rings. The number of aryl methyl sites for hydroxylation is 1. The zero-order valence-electron chi connectivity index (χ0n) is 15.2. The first-order valence-corrected chi connectivity index (χ1v) is 10.2. The van der Waals surface area contributed by atoms with Gasteiger partial charge >= 0.3 is 0 Å². The third kappa shape index (κ3) is 3.03. The van der Waals surface area contributed by atoms with Crippen LogP contribution in [-0.2, 0) is 14.8 Å². The van der Waals surface area contributed by atoms with Crippen LogP contribution in [0.1, 0.15) is 23.2 Å². The van der Waals surface area contributed by atoms with Crippen molar-refractivity contribution in [3.8, 4) is 0 Å². The average Bonchev–Trinajstić information content (AvgIpc) is 3.11. The van der Waals surface area contributed by atoms with Crippen molar-refractivity contribution < 1.29 is 22.4 Å². The van der Waals surface area contributed by atoms with Gasteiger partial charge in [0.15, 0.2) is 11.5 Å². The number of nitrogens with one attached hydrogen (secondary N) is 1. The number of carbonyl (C=O) groups is 2. The maximum atomic E-state index is 12.6. The summed E-state index contributed by atoms with van der Waals surface area (Å²) in [6.07, 6.45) is 0. The minimum atomic E-state index is -3.68. The number of aromatic nitrogens is 1. The van der Waals surface area contributed by atoms with Crippen molar-refractivity contribution in [3.63, 3.8) is 0 Å². The third-order valence-corrected chi connectivity index (χ3v) is 6.36. The molecule has 28 heavy (non-hydrogen) atoms. The molecule has 1 fully saturated rings. The number of hydrogen-bond donors (Lipinski definition) is 1. The van der Waals surface area contributed by atoms with Gasteiger partial charge in [0.25, 0.3) is 5.91 Å². The van der Waals surface area contributed by atoms with Crippen LogP contribution in [0.25, 0.3) is 11.1 Å². The van der Waals surface area contributed by atoms with Crippen LogP contribution in [-0.4, -0.2) is 31.0 Å². The average molecular weight is 399 g/mol. The summed E-state index contributed by atoms with van der Waals surface area (Å²) >= 11 is 0. The fourth-order valence-electron chi connectivity index (χ4n) is 3.19. The second kappa shape index (κ2) is 6.45. The van der Waals surface area contributed by atoms with Gasteiger partial charge in [-0.1, -0.05) is 13.0 Å². The van der Waals surface area contributed by atoms with Crippen LogP contribution in [0.4, 0.5) is 11.4 Å². The molecule has 2 aromatic carbocycles. The molecule has 0 spiro atoms. The van der Waals surface area contributed by atoms with Gasteiger partial charge in [-0.15, -0.1) is 0 Å². The molecule has 144 valence electrons. The van der Waals surface area contributed by atoms with Gasteiger partial charge in [0.1, 0.15) is 5.52 Å². The highest BCUT2D eigenvalue weighted by Gasteiger charge is 2.41. The Labute approximate surface area is 161 Å². The van der Waals surface area contributed by atoms with Crippen molar-refractivity contribution in [3.05, 3.63) is 53.9 Å². The molecular formula is C19H17N3O5S. The molecule has 0 aliphatic carbocycles. The largest absolute Gasteiger partial charge is 0.439 e. The molecule has 2 heterocycles. The molecule has 9 heteroatoms. The summed E-state index contributed by atoms with van der Waals surface area (Å²) in [4.78, 5) is 29.0. The highest BCUT2D eigenvalue weighted by molar-refractivity contribution is 7.94. The maximum absolute atomic E-state index is 12.6. The van der Waals surface area contributed by atoms with E-state index in [9.17, 15) is 18.0 Å². The molecule has 0 bridgehead atoms. The Morgan fingerprint density at radius 1 is 1.21 bits per heavy atom. The lowest BCUT2D eigenvalue weighted by Gasteiger charge is -2.15. The van der Waals surface area contributed by atoms with Crippen molar-refractivity contribution in [2.45, 2.75) is 13.8 Å². The van der Waals surface area contributed by atoms with E-state index in [1.807, 2.05) is 0 Å². The van der Waals surface area contributed by atoms with E-state index in [-0.39, 0.29) is 11.4 Å². The number of oxazole rings is 1. The predicted octanol–water partition coefficient (Wildman–Crippen LogP) is 2.70. The van der Waals surface area contributed by atoms with Crippen LogP contribution in [0.3, 0.4) is 0 Å². The van der Waals surface area contributed by atoms with Crippen molar-refractivity contribution in [1.29, 1.82) is 0 Å². The van der Waals surface area contributed by atoms with Crippen molar-refractivity contribution in [2.24, 2.45) is 5.92 Å². The Morgan fingerprint density at radius 2 is 1.93 bits per heavy atom. The Kier molecular flexibility index (Phi) is 4.19. The molecule has 3 aromatic rings. The van der Waals surface area contributed by atoms with E-state index in [4.69, 9.17) is 4.42 Å². The van der Waals surface area contributed by atoms with E-state index in [1.165, 1.54) is 24.3 Å². The van der Waals surface area contributed by atoms with E-state index >= 15 is 0 Å². The zero-order valence-corrected chi connectivity index (χ0v) is 16.0. The van der Waals surface area contributed by atoms with Crippen LogP contribution in [0.2, 0.25) is 0 Å². The van der Waals surface area contributed by atoms with Crippen LogP contribution in [0.15, 0.2) is 46.9 Å². The number of benzene rings is 2. The van der Waals surface area contributed by atoms with Crippen LogP contribution in [0, 0.1) is 12.8 Å². The Bertz CT molecular complexity index is 1200. The van der Waals surface area contributed by atoms with Gasteiger partial charge in [-0.25, -0.2) is 17.7 Å². The number of carbonyl (C=O) groups excluding carboxylic acids is 2.